The number of aryl methyl sites for hydroxylation is 1. The minimum absolute atomic E-state index is 1.08. The van der Waals surface area contributed by atoms with E-state index in [9.17, 15) is 0 Å². The zero-order valence-corrected chi connectivity index (χ0v) is 12.2. The number of benzene rings is 2. The number of pyridine rings is 1. The fraction of sp³-hybridized carbons (Fsp3) is 0.211. The molecule has 0 aliphatic carbocycles. The van der Waals surface area contributed by atoms with Crippen molar-refractivity contribution in [1.29, 1.82) is 0 Å². The molecule has 0 bridgehead atoms. The lowest BCUT2D eigenvalue weighted by molar-refractivity contribution is 0.772. The molecule has 2 heterocycles. The highest BCUT2D eigenvalue weighted by atomic mass is 15.0. The number of para-hydroxylation sites is 2. The number of aromatic nitrogens is 2. The van der Waals surface area contributed by atoms with Crippen LogP contribution in [0.3, 0.4) is 0 Å². The molecular weight excluding hydrogens is 256 g/mol. The van der Waals surface area contributed by atoms with Crippen molar-refractivity contribution in [3.63, 3.8) is 0 Å². The van der Waals surface area contributed by atoms with E-state index in [0.29, 0.717) is 0 Å². The molecule has 0 aliphatic rings. The molecule has 0 amide bonds. The molecule has 0 N–H and O–H groups in total. The maximum absolute atomic E-state index is 4.88. The molecule has 0 saturated heterocycles. The number of hydrogen-bond donors (Lipinski definition) is 0. The first-order chi connectivity index (χ1) is 10.4. The highest BCUT2D eigenvalue weighted by Gasteiger charge is 2.11. The zero-order chi connectivity index (χ0) is 14.2. The van der Waals surface area contributed by atoms with E-state index in [4.69, 9.17) is 4.98 Å². The summed E-state index contributed by atoms with van der Waals surface area (Å²) in [7, 11) is 0. The van der Waals surface area contributed by atoms with Crippen LogP contribution in [-0.4, -0.2) is 9.38 Å². The number of fused-ring (bicyclic) bond motifs is 5. The summed E-state index contributed by atoms with van der Waals surface area (Å²) >= 11 is 0. The van der Waals surface area contributed by atoms with Gasteiger partial charge in [-0.2, -0.15) is 0 Å². The third-order valence-electron chi connectivity index (χ3n) is 4.16. The second-order valence-corrected chi connectivity index (χ2v) is 5.59. The molecule has 0 spiro atoms. The Hall–Kier alpha value is -2.35. The van der Waals surface area contributed by atoms with Gasteiger partial charge in [-0.25, -0.2) is 4.98 Å². The SMILES string of the molecule is CCCCc1cc2ccccc2c2nc3ccccc3n12. The van der Waals surface area contributed by atoms with Crippen molar-refractivity contribution >= 4 is 27.5 Å². The topological polar surface area (TPSA) is 17.3 Å². The average Bonchev–Trinajstić information content (AvgIpc) is 2.92. The van der Waals surface area contributed by atoms with Gasteiger partial charge in [0.25, 0.3) is 0 Å². The van der Waals surface area contributed by atoms with Gasteiger partial charge in [-0.05, 0) is 36.4 Å². The molecule has 0 saturated carbocycles. The Morgan fingerprint density at radius 3 is 2.71 bits per heavy atom. The van der Waals surface area contributed by atoms with Crippen LogP contribution in [-0.2, 0) is 6.42 Å². The van der Waals surface area contributed by atoms with E-state index in [2.05, 4.69) is 65.9 Å². The van der Waals surface area contributed by atoms with Gasteiger partial charge in [-0.3, -0.25) is 4.40 Å². The van der Waals surface area contributed by atoms with Crippen molar-refractivity contribution in [2.75, 3.05) is 0 Å². The number of unbranched alkanes of at least 4 members (excludes halogenated alkanes) is 1. The molecule has 21 heavy (non-hydrogen) atoms. The van der Waals surface area contributed by atoms with Crippen LogP contribution in [0.15, 0.2) is 54.6 Å². The van der Waals surface area contributed by atoms with Crippen molar-refractivity contribution in [1.82, 2.24) is 9.38 Å². The van der Waals surface area contributed by atoms with E-state index >= 15 is 0 Å². The van der Waals surface area contributed by atoms with Crippen LogP contribution >= 0.6 is 0 Å². The monoisotopic (exact) mass is 274 g/mol. The maximum Gasteiger partial charge on any atom is 0.146 e. The third kappa shape index (κ3) is 1.90. The largest absolute Gasteiger partial charge is 0.296 e. The van der Waals surface area contributed by atoms with Crippen LogP contribution in [0.1, 0.15) is 25.5 Å². The number of hydrogen-bond acceptors (Lipinski definition) is 1. The quantitative estimate of drug-likeness (QED) is 0.515. The van der Waals surface area contributed by atoms with Gasteiger partial charge in [0.05, 0.1) is 11.0 Å². The second kappa shape index (κ2) is 4.88. The summed E-state index contributed by atoms with van der Waals surface area (Å²) in [5, 5.41) is 2.51. The molecule has 4 aromatic rings. The minimum Gasteiger partial charge on any atom is -0.296 e. The molecule has 2 aromatic carbocycles. The van der Waals surface area contributed by atoms with E-state index in [-0.39, 0.29) is 0 Å². The smallest absolute Gasteiger partial charge is 0.146 e. The van der Waals surface area contributed by atoms with Crippen LogP contribution in [0.5, 0.6) is 0 Å². The normalized spacial score (nSPS) is 11.7. The van der Waals surface area contributed by atoms with E-state index in [1.54, 1.807) is 0 Å². The van der Waals surface area contributed by atoms with Gasteiger partial charge in [0.1, 0.15) is 5.65 Å². The number of nitrogens with zero attached hydrogens (tertiary/aromatic N) is 2. The molecule has 0 atom stereocenters. The minimum atomic E-state index is 1.08. The van der Waals surface area contributed by atoms with Crippen LogP contribution in [0, 0.1) is 0 Å². The first-order valence-electron chi connectivity index (χ1n) is 7.66. The summed E-state index contributed by atoms with van der Waals surface area (Å²) in [6.07, 6.45) is 3.51. The molecule has 0 radical (unpaired) electrons. The molecule has 0 unspecified atom stereocenters. The van der Waals surface area contributed by atoms with E-state index in [1.807, 2.05) is 0 Å². The van der Waals surface area contributed by atoms with Gasteiger partial charge in [-0.1, -0.05) is 49.7 Å². The predicted octanol–water partition coefficient (Wildman–Crippen LogP) is 4.98. The Bertz CT molecular complexity index is 934. The van der Waals surface area contributed by atoms with Crippen LogP contribution in [0.4, 0.5) is 0 Å². The fourth-order valence-electron chi connectivity index (χ4n) is 3.11. The van der Waals surface area contributed by atoms with Gasteiger partial charge in [0.15, 0.2) is 0 Å². The lowest BCUT2D eigenvalue weighted by Crippen LogP contribution is -1.98. The maximum atomic E-state index is 4.88. The van der Waals surface area contributed by atoms with Gasteiger partial charge >= 0.3 is 0 Å². The standard InChI is InChI=1S/C19H18N2/c1-2-3-9-15-13-14-8-4-5-10-16(14)19-20-17-11-6-7-12-18(17)21(15)19/h4-8,10-13H,2-3,9H2,1H3. The van der Waals surface area contributed by atoms with Crippen molar-refractivity contribution in [3.05, 3.63) is 60.3 Å². The Labute approximate surface area is 124 Å². The van der Waals surface area contributed by atoms with Crippen molar-refractivity contribution < 1.29 is 0 Å². The van der Waals surface area contributed by atoms with Crippen molar-refractivity contribution in [3.8, 4) is 0 Å². The summed E-state index contributed by atoms with van der Waals surface area (Å²) in [4.78, 5) is 4.88. The summed E-state index contributed by atoms with van der Waals surface area (Å²) in [6.45, 7) is 2.24. The number of imidazole rings is 1. The third-order valence-corrected chi connectivity index (χ3v) is 4.16. The molecule has 4 rings (SSSR count). The van der Waals surface area contributed by atoms with E-state index in [1.165, 1.54) is 34.8 Å². The highest BCUT2D eigenvalue weighted by molar-refractivity contribution is 5.98. The van der Waals surface area contributed by atoms with E-state index in [0.717, 1.165) is 17.6 Å². The van der Waals surface area contributed by atoms with Crippen LogP contribution in [0.2, 0.25) is 0 Å². The van der Waals surface area contributed by atoms with Gasteiger partial charge in [0, 0.05) is 11.1 Å². The molecule has 2 heteroatoms. The second-order valence-electron chi connectivity index (χ2n) is 5.59. The molecule has 2 nitrogen and oxygen atoms in total. The lowest BCUT2D eigenvalue weighted by Gasteiger charge is -2.09. The molecule has 0 fully saturated rings. The molecule has 104 valence electrons. The highest BCUT2D eigenvalue weighted by Crippen LogP contribution is 2.27. The Morgan fingerprint density at radius 2 is 1.81 bits per heavy atom. The van der Waals surface area contributed by atoms with Crippen LogP contribution in [0.25, 0.3) is 27.5 Å². The Balaban J connectivity index is 2.16. The lowest BCUT2D eigenvalue weighted by atomic mass is 10.1. The van der Waals surface area contributed by atoms with Gasteiger partial charge in [0.2, 0.25) is 0 Å². The Kier molecular flexibility index (Phi) is 2.88. The van der Waals surface area contributed by atoms with Gasteiger partial charge < -0.3 is 0 Å². The summed E-state index contributed by atoms with van der Waals surface area (Å²) in [6, 6.07) is 19.3. The summed E-state index contributed by atoms with van der Waals surface area (Å²) in [5.74, 6) is 0. The predicted molar refractivity (Wildman–Crippen MR) is 88.8 cm³/mol. The van der Waals surface area contributed by atoms with Crippen LogP contribution < -0.4 is 0 Å². The Morgan fingerprint density at radius 1 is 1.00 bits per heavy atom. The average molecular weight is 274 g/mol. The number of rotatable bonds is 3. The van der Waals surface area contributed by atoms with Crippen molar-refractivity contribution in [2.45, 2.75) is 26.2 Å². The summed E-state index contributed by atoms with van der Waals surface area (Å²) in [5.41, 5.74) is 4.73. The molecule has 0 aliphatic heterocycles. The fourth-order valence-corrected chi connectivity index (χ4v) is 3.11. The molecule has 2 aromatic heterocycles. The summed E-state index contributed by atoms with van der Waals surface area (Å²) < 4.78 is 2.34. The van der Waals surface area contributed by atoms with Gasteiger partial charge in [-0.15, -0.1) is 0 Å². The molecular formula is C19H18N2. The van der Waals surface area contributed by atoms with E-state index < -0.39 is 0 Å². The first kappa shape index (κ1) is 12.4. The van der Waals surface area contributed by atoms with Crippen molar-refractivity contribution in [2.24, 2.45) is 0 Å². The first-order valence-corrected chi connectivity index (χ1v) is 7.66. The zero-order valence-electron chi connectivity index (χ0n) is 12.2.